The first kappa shape index (κ1) is 12.5. The number of benzene rings is 2. The van der Waals surface area contributed by atoms with E-state index in [0.717, 1.165) is 0 Å². The average Bonchev–Trinajstić information content (AvgIpc) is 2.38. The van der Waals surface area contributed by atoms with Gasteiger partial charge in [0.15, 0.2) is 0 Å². The Labute approximate surface area is 104 Å². The van der Waals surface area contributed by atoms with E-state index in [1.165, 1.54) is 18.2 Å². The molecular formula is C14H13F2NO. The van der Waals surface area contributed by atoms with Crippen molar-refractivity contribution in [1.29, 1.82) is 0 Å². The predicted octanol–water partition coefficient (Wildman–Crippen LogP) is 3.07. The van der Waals surface area contributed by atoms with Gasteiger partial charge in [0.25, 0.3) is 0 Å². The lowest BCUT2D eigenvalue weighted by Gasteiger charge is -2.11. The van der Waals surface area contributed by atoms with Crippen molar-refractivity contribution >= 4 is 5.69 Å². The number of hydrogen-bond acceptors (Lipinski definition) is 2. The van der Waals surface area contributed by atoms with E-state index in [0.29, 0.717) is 11.3 Å². The summed E-state index contributed by atoms with van der Waals surface area (Å²) < 4.78 is 26.8. The Hall–Kier alpha value is -1.94. The minimum Gasteiger partial charge on any atom is -0.392 e. The van der Waals surface area contributed by atoms with Crippen LogP contribution in [0, 0.1) is 11.6 Å². The van der Waals surface area contributed by atoms with Crippen molar-refractivity contribution in [2.75, 3.05) is 5.32 Å². The van der Waals surface area contributed by atoms with Crippen LogP contribution < -0.4 is 5.32 Å². The summed E-state index contributed by atoms with van der Waals surface area (Å²) in [6, 6.07) is 10.9. The fourth-order valence-electron chi connectivity index (χ4n) is 1.72. The van der Waals surface area contributed by atoms with Gasteiger partial charge in [0.1, 0.15) is 11.6 Å². The molecule has 2 N–H and O–H groups in total. The first-order valence-electron chi connectivity index (χ1n) is 5.58. The molecule has 0 atom stereocenters. The Morgan fingerprint density at radius 1 is 0.944 bits per heavy atom. The standard InChI is InChI=1S/C14H13F2NO/c15-12-5-3-6-13(16)11(12)8-17-14-7-2-1-4-10(14)9-18/h1-7,17-18H,8-9H2. The third kappa shape index (κ3) is 2.65. The van der Waals surface area contributed by atoms with Crippen molar-refractivity contribution in [1.82, 2.24) is 0 Å². The average molecular weight is 249 g/mol. The molecule has 2 nitrogen and oxygen atoms in total. The molecule has 0 heterocycles. The van der Waals surface area contributed by atoms with Crippen LogP contribution in [0.3, 0.4) is 0 Å². The van der Waals surface area contributed by atoms with Crippen LogP contribution in [-0.2, 0) is 13.2 Å². The van der Waals surface area contributed by atoms with E-state index in [2.05, 4.69) is 5.32 Å². The molecule has 0 aliphatic carbocycles. The van der Waals surface area contributed by atoms with Crippen LogP contribution in [0.2, 0.25) is 0 Å². The summed E-state index contributed by atoms with van der Waals surface area (Å²) >= 11 is 0. The van der Waals surface area contributed by atoms with Crippen LogP contribution in [0.5, 0.6) is 0 Å². The summed E-state index contributed by atoms with van der Waals surface area (Å²) in [5.74, 6) is -1.16. The van der Waals surface area contributed by atoms with E-state index in [-0.39, 0.29) is 18.7 Å². The lowest BCUT2D eigenvalue weighted by atomic mass is 10.1. The number of anilines is 1. The minimum atomic E-state index is -0.580. The van der Waals surface area contributed by atoms with Gasteiger partial charge in [-0.2, -0.15) is 0 Å². The van der Waals surface area contributed by atoms with Crippen LogP contribution in [0.25, 0.3) is 0 Å². The van der Waals surface area contributed by atoms with E-state index in [9.17, 15) is 8.78 Å². The Morgan fingerprint density at radius 2 is 1.61 bits per heavy atom. The van der Waals surface area contributed by atoms with Crippen molar-refractivity contribution < 1.29 is 13.9 Å². The molecule has 4 heteroatoms. The Morgan fingerprint density at radius 3 is 2.28 bits per heavy atom. The van der Waals surface area contributed by atoms with E-state index in [1.54, 1.807) is 24.3 Å². The zero-order valence-electron chi connectivity index (χ0n) is 9.66. The summed E-state index contributed by atoms with van der Waals surface area (Å²) in [4.78, 5) is 0. The summed E-state index contributed by atoms with van der Waals surface area (Å²) in [7, 11) is 0. The minimum absolute atomic E-state index is 0.00903. The molecule has 0 spiro atoms. The molecule has 0 aromatic heterocycles. The number of hydrogen-bond donors (Lipinski definition) is 2. The maximum atomic E-state index is 13.4. The Bertz CT molecular complexity index is 523. The summed E-state index contributed by atoms with van der Waals surface area (Å²) in [6.45, 7) is -0.0849. The van der Waals surface area contributed by atoms with Gasteiger partial charge in [-0.25, -0.2) is 8.78 Å². The third-order valence-corrected chi connectivity index (χ3v) is 2.71. The number of aliphatic hydroxyl groups is 1. The maximum absolute atomic E-state index is 13.4. The first-order chi connectivity index (χ1) is 8.72. The number of halogens is 2. The molecule has 94 valence electrons. The summed E-state index contributed by atoms with van der Waals surface area (Å²) in [5, 5.41) is 12.1. The molecule has 0 radical (unpaired) electrons. The molecule has 0 unspecified atom stereocenters. The number of nitrogens with one attached hydrogen (secondary N) is 1. The molecule has 18 heavy (non-hydrogen) atoms. The summed E-state index contributed by atoms with van der Waals surface area (Å²) in [6.07, 6.45) is 0. The Balaban J connectivity index is 2.16. The lowest BCUT2D eigenvalue weighted by Crippen LogP contribution is -2.06. The lowest BCUT2D eigenvalue weighted by molar-refractivity contribution is 0.282. The van der Waals surface area contributed by atoms with Crippen LogP contribution >= 0.6 is 0 Å². The van der Waals surface area contributed by atoms with Gasteiger partial charge in [-0.05, 0) is 18.2 Å². The highest BCUT2D eigenvalue weighted by Gasteiger charge is 2.08. The van der Waals surface area contributed by atoms with Crippen LogP contribution in [-0.4, -0.2) is 5.11 Å². The van der Waals surface area contributed by atoms with Gasteiger partial charge in [-0.15, -0.1) is 0 Å². The van der Waals surface area contributed by atoms with Crippen molar-refractivity contribution in [3.8, 4) is 0 Å². The van der Waals surface area contributed by atoms with Crippen molar-refractivity contribution in [2.45, 2.75) is 13.2 Å². The molecular weight excluding hydrogens is 236 g/mol. The molecule has 2 aromatic rings. The quantitative estimate of drug-likeness (QED) is 0.872. The highest BCUT2D eigenvalue weighted by atomic mass is 19.1. The second-order valence-electron chi connectivity index (χ2n) is 3.87. The predicted molar refractivity (Wildman–Crippen MR) is 66.0 cm³/mol. The fourth-order valence-corrected chi connectivity index (χ4v) is 1.72. The molecule has 0 bridgehead atoms. The summed E-state index contributed by atoms with van der Waals surface area (Å²) in [5.41, 5.74) is 1.35. The molecule has 2 aromatic carbocycles. The highest BCUT2D eigenvalue weighted by molar-refractivity contribution is 5.51. The fraction of sp³-hybridized carbons (Fsp3) is 0.143. The monoisotopic (exact) mass is 249 g/mol. The number of rotatable bonds is 4. The molecule has 0 fully saturated rings. The van der Waals surface area contributed by atoms with Gasteiger partial charge in [0, 0.05) is 23.4 Å². The van der Waals surface area contributed by atoms with Gasteiger partial charge in [-0.3, -0.25) is 0 Å². The van der Waals surface area contributed by atoms with Crippen molar-refractivity contribution in [3.63, 3.8) is 0 Å². The van der Waals surface area contributed by atoms with Crippen molar-refractivity contribution in [3.05, 3.63) is 65.2 Å². The second-order valence-corrected chi connectivity index (χ2v) is 3.87. The van der Waals surface area contributed by atoms with E-state index in [4.69, 9.17) is 5.11 Å². The van der Waals surface area contributed by atoms with Gasteiger partial charge in [0.2, 0.25) is 0 Å². The van der Waals surface area contributed by atoms with Gasteiger partial charge < -0.3 is 10.4 Å². The van der Waals surface area contributed by atoms with Crippen LogP contribution in [0.4, 0.5) is 14.5 Å². The zero-order chi connectivity index (χ0) is 13.0. The zero-order valence-corrected chi connectivity index (χ0v) is 9.66. The SMILES string of the molecule is OCc1ccccc1NCc1c(F)cccc1F. The third-order valence-electron chi connectivity index (χ3n) is 2.71. The Kier molecular flexibility index (Phi) is 3.89. The van der Waals surface area contributed by atoms with Gasteiger partial charge >= 0.3 is 0 Å². The van der Waals surface area contributed by atoms with Gasteiger partial charge in [0.05, 0.1) is 6.61 Å². The van der Waals surface area contributed by atoms with Crippen molar-refractivity contribution in [2.24, 2.45) is 0 Å². The van der Waals surface area contributed by atoms with Gasteiger partial charge in [-0.1, -0.05) is 24.3 Å². The molecule has 0 aliphatic heterocycles. The number of para-hydroxylation sites is 1. The van der Waals surface area contributed by atoms with Crippen LogP contribution in [0.15, 0.2) is 42.5 Å². The molecule has 0 amide bonds. The highest BCUT2D eigenvalue weighted by Crippen LogP contribution is 2.18. The molecule has 2 rings (SSSR count). The smallest absolute Gasteiger partial charge is 0.131 e. The maximum Gasteiger partial charge on any atom is 0.131 e. The second kappa shape index (κ2) is 5.60. The number of aliphatic hydroxyl groups excluding tert-OH is 1. The molecule has 0 saturated heterocycles. The molecule has 0 saturated carbocycles. The molecule has 0 aliphatic rings. The van der Waals surface area contributed by atoms with E-state index in [1.807, 2.05) is 0 Å². The first-order valence-corrected chi connectivity index (χ1v) is 5.58. The largest absolute Gasteiger partial charge is 0.392 e. The van der Waals surface area contributed by atoms with E-state index >= 15 is 0 Å². The topological polar surface area (TPSA) is 32.3 Å². The van der Waals surface area contributed by atoms with Crippen LogP contribution in [0.1, 0.15) is 11.1 Å². The normalized spacial score (nSPS) is 10.4. The van der Waals surface area contributed by atoms with E-state index < -0.39 is 11.6 Å².